The minimum Gasteiger partial charge on any atom is -0.392 e. The number of hydrogen-bond acceptors (Lipinski definition) is 9. The number of unbranched alkanes of at least 4 members (excludes halogenated alkanes) is 2. The number of nitrogens with one attached hydrogen (secondary N) is 2. The summed E-state index contributed by atoms with van der Waals surface area (Å²) < 4.78 is 13.3. The van der Waals surface area contributed by atoms with E-state index in [9.17, 15) is 14.7 Å². The average molecular weight is 707 g/mol. The highest BCUT2D eigenvalue weighted by Gasteiger charge is 2.34. The van der Waals surface area contributed by atoms with Crippen LogP contribution in [0.25, 0.3) is 11.1 Å². The first-order valence-corrected chi connectivity index (χ1v) is 18.4. The van der Waals surface area contributed by atoms with Crippen LogP contribution in [0.2, 0.25) is 0 Å². The second kappa shape index (κ2) is 18.7. The third-order valence-electron chi connectivity index (χ3n) is 9.67. The highest BCUT2D eigenvalue weighted by Crippen LogP contribution is 2.39. The molecule has 2 aliphatic rings. The van der Waals surface area contributed by atoms with Gasteiger partial charge in [0.25, 0.3) is 0 Å². The summed E-state index contributed by atoms with van der Waals surface area (Å²) in [5.74, 6) is 0.785. The maximum absolute atomic E-state index is 12.4. The van der Waals surface area contributed by atoms with E-state index in [1.54, 1.807) is 12.4 Å². The molecule has 11 nitrogen and oxygen atoms in total. The van der Waals surface area contributed by atoms with Gasteiger partial charge in [-0.15, -0.1) is 0 Å². The van der Waals surface area contributed by atoms with Crippen LogP contribution in [0.1, 0.15) is 73.7 Å². The maximum Gasteiger partial charge on any atom is 0.225 e. The fraction of sp³-hybridized carbons (Fsp3) is 0.415. The minimum atomic E-state index is -0.527. The average Bonchev–Trinajstić information content (AvgIpc) is 3.19. The minimum absolute atomic E-state index is 0.00703. The molecule has 0 unspecified atom stereocenters. The van der Waals surface area contributed by atoms with Gasteiger partial charge in [-0.1, -0.05) is 73.2 Å². The fourth-order valence-electron chi connectivity index (χ4n) is 6.74. The second-order valence-corrected chi connectivity index (χ2v) is 13.6. The lowest BCUT2D eigenvalue weighted by atomic mass is 9.98. The molecule has 2 fully saturated rings. The largest absolute Gasteiger partial charge is 0.392 e. The lowest BCUT2D eigenvalue weighted by molar-refractivity contribution is -0.253. The van der Waals surface area contributed by atoms with Gasteiger partial charge in [-0.3, -0.25) is 14.5 Å². The van der Waals surface area contributed by atoms with Crippen molar-refractivity contribution in [3.8, 4) is 11.1 Å². The number of carbonyl (C=O) groups is 2. The number of carbonyl (C=O) groups excluding carboxylic acids is 2. The van der Waals surface area contributed by atoms with Crippen molar-refractivity contribution in [1.29, 1.82) is 0 Å². The van der Waals surface area contributed by atoms with E-state index in [1.807, 2.05) is 42.5 Å². The zero-order valence-electron chi connectivity index (χ0n) is 30.0. The van der Waals surface area contributed by atoms with Crippen molar-refractivity contribution >= 4 is 17.8 Å². The molecule has 3 N–H and O–H groups in total. The second-order valence-electron chi connectivity index (χ2n) is 13.6. The summed E-state index contributed by atoms with van der Waals surface area (Å²) in [6.45, 7) is 6.96. The molecule has 0 spiro atoms. The van der Waals surface area contributed by atoms with Crippen molar-refractivity contribution < 1.29 is 24.2 Å². The SMILES string of the molecule is CC(=O)NCCCCCC(=O)NCc1cccc(-c2ccc([C@@H]3O[C@H](CN4CCN(c5ncccn5)CC4)C[C@H](c4ccc(CO)cc4)O3)cc2)c1. The van der Waals surface area contributed by atoms with Gasteiger partial charge in [0.2, 0.25) is 17.8 Å². The van der Waals surface area contributed by atoms with Gasteiger partial charge in [0.05, 0.1) is 18.8 Å². The van der Waals surface area contributed by atoms with E-state index < -0.39 is 6.29 Å². The van der Waals surface area contributed by atoms with E-state index in [0.717, 1.165) is 97.7 Å². The van der Waals surface area contributed by atoms with Gasteiger partial charge in [-0.05, 0) is 52.8 Å². The third-order valence-corrected chi connectivity index (χ3v) is 9.67. The number of anilines is 1. The summed E-state index contributed by atoms with van der Waals surface area (Å²) in [7, 11) is 0. The first kappa shape index (κ1) is 37.1. The quantitative estimate of drug-likeness (QED) is 0.141. The summed E-state index contributed by atoms with van der Waals surface area (Å²) in [4.78, 5) is 36.9. The van der Waals surface area contributed by atoms with Crippen molar-refractivity contribution in [1.82, 2.24) is 25.5 Å². The molecule has 0 radical (unpaired) electrons. The van der Waals surface area contributed by atoms with E-state index in [0.29, 0.717) is 19.5 Å². The molecule has 274 valence electrons. The number of rotatable bonds is 15. The molecule has 3 atom stereocenters. The van der Waals surface area contributed by atoms with Crippen LogP contribution in [0.3, 0.4) is 0 Å². The Kier molecular flexibility index (Phi) is 13.3. The Hall–Kier alpha value is -4.68. The Morgan fingerprint density at radius 2 is 1.56 bits per heavy atom. The van der Waals surface area contributed by atoms with Crippen molar-refractivity contribution in [2.24, 2.45) is 0 Å². The van der Waals surface area contributed by atoms with Crippen LogP contribution in [-0.4, -0.2) is 77.2 Å². The summed E-state index contributed by atoms with van der Waals surface area (Å²) in [6, 6.07) is 26.4. The molecule has 3 heterocycles. The Bertz CT molecular complexity index is 1710. The molecule has 0 saturated carbocycles. The lowest BCUT2D eigenvalue weighted by Crippen LogP contribution is -2.50. The molecule has 3 aromatic carbocycles. The molecule has 0 aliphatic carbocycles. The zero-order valence-corrected chi connectivity index (χ0v) is 30.0. The number of aromatic nitrogens is 2. The van der Waals surface area contributed by atoms with Gasteiger partial charge in [0, 0.05) is 83.5 Å². The molecule has 4 aromatic rings. The number of piperazine rings is 1. The number of amides is 2. The highest BCUT2D eigenvalue weighted by molar-refractivity contribution is 5.76. The number of hydrogen-bond donors (Lipinski definition) is 3. The molecule has 11 heteroatoms. The molecular formula is C41H50N6O5. The number of aliphatic hydroxyl groups excluding tert-OH is 1. The predicted molar refractivity (Wildman–Crippen MR) is 200 cm³/mol. The molecule has 2 aliphatic heterocycles. The predicted octanol–water partition coefficient (Wildman–Crippen LogP) is 5.32. The lowest BCUT2D eigenvalue weighted by Gasteiger charge is -2.40. The van der Waals surface area contributed by atoms with Crippen LogP contribution in [0.4, 0.5) is 5.95 Å². The van der Waals surface area contributed by atoms with E-state index >= 15 is 0 Å². The van der Waals surface area contributed by atoms with Crippen LogP contribution in [0.15, 0.2) is 91.3 Å². The van der Waals surface area contributed by atoms with Crippen molar-refractivity contribution in [3.05, 3.63) is 114 Å². The normalized spacial score (nSPS) is 19.3. The van der Waals surface area contributed by atoms with Crippen molar-refractivity contribution in [3.63, 3.8) is 0 Å². The van der Waals surface area contributed by atoms with Crippen LogP contribution in [0.5, 0.6) is 0 Å². The van der Waals surface area contributed by atoms with E-state index in [1.165, 1.54) is 6.92 Å². The number of ether oxygens (including phenoxy) is 2. The number of benzene rings is 3. The Morgan fingerprint density at radius 3 is 2.29 bits per heavy atom. The molecule has 6 rings (SSSR count). The highest BCUT2D eigenvalue weighted by atomic mass is 16.7. The van der Waals surface area contributed by atoms with Gasteiger partial charge >= 0.3 is 0 Å². The van der Waals surface area contributed by atoms with Gasteiger partial charge in [0.15, 0.2) is 6.29 Å². The van der Waals surface area contributed by atoms with Gasteiger partial charge in [-0.25, -0.2) is 9.97 Å². The van der Waals surface area contributed by atoms with Gasteiger partial charge in [-0.2, -0.15) is 0 Å². The molecule has 1 aromatic heterocycles. The Labute approximate surface area is 306 Å². The van der Waals surface area contributed by atoms with E-state index in [2.05, 4.69) is 66.8 Å². The van der Waals surface area contributed by atoms with Gasteiger partial charge in [0.1, 0.15) is 0 Å². The topological polar surface area (TPSA) is 129 Å². The van der Waals surface area contributed by atoms with E-state index in [-0.39, 0.29) is 30.6 Å². The Balaban J connectivity index is 1.06. The zero-order chi connectivity index (χ0) is 36.1. The van der Waals surface area contributed by atoms with Gasteiger partial charge < -0.3 is 30.1 Å². The van der Waals surface area contributed by atoms with Crippen LogP contribution in [0, 0.1) is 0 Å². The van der Waals surface area contributed by atoms with Crippen molar-refractivity contribution in [2.75, 3.05) is 44.2 Å². The first-order valence-electron chi connectivity index (χ1n) is 18.4. The summed E-state index contributed by atoms with van der Waals surface area (Å²) >= 11 is 0. The molecule has 2 amide bonds. The number of nitrogens with zero attached hydrogens (tertiary/aromatic N) is 4. The molecule has 0 bridgehead atoms. The fourth-order valence-corrected chi connectivity index (χ4v) is 6.74. The van der Waals surface area contributed by atoms with Crippen molar-refractivity contribution in [2.45, 2.75) is 70.7 Å². The van der Waals surface area contributed by atoms with Crippen LogP contribution in [-0.2, 0) is 32.2 Å². The standard InChI is InChI=1S/C41H50N6O5/c1-30(49)42-18-4-2-3-9-39(50)45-27-32-7-5-8-36(25-32)33-14-16-35(17-15-33)40-51-37(26-38(52-40)34-12-10-31(29-48)11-13-34)28-46-21-23-47(24-22-46)41-43-19-6-20-44-41/h5-8,10-17,19-20,25,37-38,40,48H,2-4,9,18,21-24,26-29H2,1H3,(H,42,49)(H,45,50)/t37-,38+,40+/m0/s1. The summed E-state index contributed by atoms with van der Waals surface area (Å²) in [5, 5.41) is 15.4. The molecule has 2 saturated heterocycles. The monoisotopic (exact) mass is 706 g/mol. The van der Waals surface area contributed by atoms with E-state index in [4.69, 9.17) is 9.47 Å². The maximum atomic E-state index is 12.4. The number of aliphatic hydroxyl groups is 1. The summed E-state index contributed by atoms with van der Waals surface area (Å²) in [5.41, 5.74) is 6.08. The Morgan fingerprint density at radius 1 is 0.808 bits per heavy atom. The smallest absolute Gasteiger partial charge is 0.225 e. The van der Waals surface area contributed by atoms with Crippen LogP contribution >= 0.6 is 0 Å². The summed E-state index contributed by atoms with van der Waals surface area (Å²) in [6.07, 6.45) is 6.64. The molecular weight excluding hydrogens is 656 g/mol. The molecule has 52 heavy (non-hydrogen) atoms. The third kappa shape index (κ3) is 10.7. The van der Waals surface area contributed by atoms with Crippen LogP contribution < -0.4 is 15.5 Å². The first-order chi connectivity index (χ1) is 25.4.